The van der Waals surface area contributed by atoms with Gasteiger partial charge in [0.2, 0.25) is 0 Å². The quantitative estimate of drug-likeness (QED) is 0.149. The van der Waals surface area contributed by atoms with E-state index in [1.54, 1.807) is 0 Å². The maximum atomic E-state index is 4.69. The Morgan fingerprint density at radius 3 is 1.19 bits per heavy atom. The molecule has 0 atom stereocenters. The zero-order valence-corrected chi connectivity index (χ0v) is 69.4. The number of hydrogen-bond donors (Lipinski definition) is 0. The van der Waals surface area contributed by atoms with Crippen molar-refractivity contribution >= 4 is 0 Å². The van der Waals surface area contributed by atoms with E-state index in [9.17, 15) is 0 Å². The first-order chi connectivity index (χ1) is 53.3. The number of fused-ring (bicyclic) bond motifs is 21. The van der Waals surface area contributed by atoms with Crippen molar-refractivity contribution in [2.24, 2.45) is 0 Å². The smallest absolute Gasteiger partial charge is 0.0749 e. The van der Waals surface area contributed by atoms with Crippen molar-refractivity contribution in [3.05, 3.63) is 373 Å². The lowest BCUT2D eigenvalue weighted by atomic mass is 9.81. The van der Waals surface area contributed by atoms with Crippen LogP contribution in [-0.4, -0.2) is 34.9 Å². The van der Waals surface area contributed by atoms with Gasteiger partial charge in [0, 0.05) is 120 Å². The SMILES string of the molecule is Cc1ccc2c(c1)-c1ncccc1C2(C)C.Cc1ccc2c(c1)C(C)(C)c1cccnc1-2.Cc1ccc2c(n1)-c1ccccc1C2(C)C.Cc1cccc2c1-c1ncccc1C2(C)C.Cc1cccc2c1C(C)(C)c1cccnc1-2.Cc1ccnc2c1C(C)(C)c1ccccc1-2.Cc1cnc2c(c1)C(C)(C)c1ccccc1-2. The van der Waals surface area contributed by atoms with Gasteiger partial charge in [0.25, 0.3) is 0 Å². The van der Waals surface area contributed by atoms with E-state index < -0.39 is 0 Å². The molecule has 14 aromatic rings. The lowest BCUT2D eigenvalue weighted by molar-refractivity contribution is 0.654. The predicted molar refractivity (Wildman–Crippen MR) is 466 cm³/mol. The lowest BCUT2D eigenvalue weighted by Gasteiger charge is -2.22. The van der Waals surface area contributed by atoms with Crippen molar-refractivity contribution < 1.29 is 0 Å². The molecule has 7 aromatic heterocycles. The van der Waals surface area contributed by atoms with E-state index >= 15 is 0 Å². The van der Waals surface area contributed by atoms with Crippen LogP contribution in [0.1, 0.15) is 214 Å². The van der Waals surface area contributed by atoms with Gasteiger partial charge in [-0.25, -0.2) is 0 Å². The van der Waals surface area contributed by atoms with Crippen LogP contribution in [0.2, 0.25) is 0 Å². The van der Waals surface area contributed by atoms with Gasteiger partial charge < -0.3 is 0 Å². The monoisotopic (exact) mass is 1460 g/mol. The molecule has 7 nitrogen and oxygen atoms in total. The number of pyridine rings is 7. The summed E-state index contributed by atoms with van der Waals surface area (Å²) >= 11 is 0. The molecule has 112 heavy (non-hydrogen) atoms. The topological polar surface area (TPSA) is 90.2 Å². The molecule has 0 amide bonds. The fourth-order valence-electron chi connectivity index (χ4n) is 19.2. The first kappa shape index (κ1) is 76.0. The summed E-state index contributed by atoms with van der Waals surface area (Å²) in [4.78, 5) is 32.0. The van der Waals surface area contributed by atoms with Crippen molar-refractivity contribution in [2.75, 3.05) is 0 Å². The second-order valence-electron chi connectivity index (χ2n) is 35.3. The fourth-order valence-corrected chi connectivity index (χ4v) is 19.2. The second kappa shape index (κ2) is 28.4. The molecule has 7 aliphatic carbocycles. The number of aromatic nitrogens is 7. The van der Waals surface area contributed by atoms with E-state index in [4.69, 9.17) is 4.98 Å². The van der Waals surface area contributed by atoms with Crippen molar-refractivity contribution in [1.82, 2.24) is 34.9 Å². The van der Waals surface area contributed by atoms with Crippen LogP contribution >= 0.6 is 0 Å². The van der Waals surface area contributed by atoms with Crippen LogP contribution in [-0.2, 0) is 37.9 Å². The second-order valence-corrected chi connectivity index (χ2v) is 35.3. The summed E-state index contributed by atoms with van der Waals surface area (Å²) < 4.78 is 0. The van der Waals surface area contributed by atoms with Crippen LogP contribution < -0.4 is 0 Å². The molecular weight excluding hydrogens is 1360 g/mol. The summed E-state index contributed by atoms with van der Waals surface area (Å²) in [5.41, 5.74) is 46.1. The number of hydrogen-bond acceptors (Lipinski definition) is 7. The average Bonchev–Trinajstić information content (AvgIpc) is 1.57. The van der Waals surface area contributed by atoms with Gasteiger partial charge in [0.1, 0.15) is 0 Å². The molecule has 0 aliphatic heterocycles. The molecule has 7 aromatic carbocycles. The highest BCUT2D eigenvalue weighted by Crippen LogP contribution is 2.55. The molecule has 7 aliphatic rings. The third-order valence-corrected chi connectivity index (χ3v) is 25.2. The van der Waals surface area contributed by atoms with E-state index in [0.717, 1.165) is 28.5 Å². The van der Waals surface area contributed by atoms with Crippen LogP contribution in [0, 0.1) is 48.5 Å². The standard InChI is InChI=1S/7C15H15N/c1-10-6-4-7-11-13(10)14-12(15(11,2)3)8-5-9-16-14;1-10-6-4-7-11-13(10)15(2,3)12-8-5-9-16-14(11)12;1-10-6-7-12-11(9-10)14-13(15(12,2)3)5-4-8-16-14;1-10-6-7-11-13(9-10)15(2,3)12-5-4-8-16-14(11)12;1-10-8-13-14(16-9-10)11-6-4-5-7-12(11)15(13,2)3;1-10-8-9-16-14-11-6-4-5-7-12(11)15(2,3)13(10)14;1-10-8-9-13-14(16-10)11-6-4-5-7-12(11)15(13,2)3/h7*4-9H,1-3H3. The Morgan fingerprint density at radius 1 is 0.205 bits per heavy atom. The molecule has 0 unspecified atom stereocenters. The molecule has 0 radical (unpaired) electrons. The maximum Gasteiger partial charge on any atom is 0.0749 e. The minimum Gasteiger partial charge on any atom is -0.256 e. The number of benzene rings is 7. The van der Waals surface area contributed by atoms with Crippen molar-refractivity contribution in [3.8, 4) is 78.8 Å². The molecule has 0 spiro atoms. The van der Waals surface area contributed by atoms with Crippen LogP contribution in [0.25, 0.3) is 78.8 Å². The lowest BCUT2D eigenvalue weighted by Crippen LogP contribution is -2.16. The van der Waals surface area contributed by atoms with E-state index in [2.05, 4.69) is 363 Å². The highest BCUT2D eigenvalue weighted by molar-refractivity contribution is 5.84. The van der Waals surface area contributed by atoms with Crippen LogP contribution in [0.15, 0.2) is 256 Å². The zero-order valence-electron chi connectivity index (χ0n) is 69.4. The van der Waals surface area contributed by atoms with E-state index in [-0.39, 0.29) is 37.9 Å². The Labute approximate surface area is 665 Å². The molecule has 7 heterocycles. The Kier molecular flexibility index (Phi) is 19.3. The van der Waals surface area contributed by atoms with Gasteiger partial charge in [-0.05, 0) is 191 Å². The van der Waals surface area contributed by atoms with Crippen molar-refractivity contribution in [2.45, 2.75) is 183 Å². The summed E-state index contributed by atoms with van der Waals surface area (Å²) in [6.45, 7) is 46.8. The molecule has 0 bridgehead atoms. The molecule has 0 fully saturated rings. The highest BCUT2D eigenvalue weighted by Gasteiger charge is 2.43. The van der Waals surface area contributed by atoms with Crippen LogP contribution in [0.5, 0.6) is 0 Å². The number of aryl methyl sites for hydroxylation is 7. The Hall–Kier alpha value is -11.4. The van der Waals surface area contributed by atoms with Gasteiger partial charge in [-0.2, -0.15) is 0 Å². The predicted octanol–water partition coefficient (Wildman–Crippen LogP) is 25.9. The maximum absolute atomic E-state index is 4.69. The summed E-state index contributed by atoms with van der Waals surface area (Å²) in [5, 5.41) is 0. The first-order valence-electron chi connectivity index (χ1n) is 39.8. The first-order valence-corrected chi connectivity index (χ1v) is 39.8. The molecule has 21 rings (SSSR count). The van der Waals surface area contributed by atoms with Gasteiger partial charge in [0.05, 0.1) is 39.9 Å². The summed E-state index contributed by atoms with van der Waals surface area (Å²) in [7, 11) is 0. The highest BCUT2D eigenvalue weighted by atomic mass is 14.8. The Morgan fingerprint density at radius 2 is 0.571 bits per heavy atom. The number of nitrogens with zero attached hydrogens (tertiary/aromatic N) is 7. The zero-order chi connectivity index (χ0) is 79.4. The average molecular weight is 1470 g/mol. The van der Waals surface area contributed by atoms with Crippen LogP contribution in [0.4, 0.5) is 0 Å². The van der Waals surface area contributed by atoms with Crippen LogP contribution in [0.3, 0.4) is 0 Å². The molecule has 0 N–H and O–H groups in total. The van der Waals surface area contributed by atoms with Gasteiger partial charge in [-0.15, -0.1) is 0 Å². The summed E-state index contributed by atoms with van der Waals surface area (Å²) in [5.74, 6) is 0. The molecule has 560 valence electrons. The molecular formula is C105H105N7. The Bertz CT molecular complexity index is 5690. The van der Waals surface area contributed by atoms with E-state index in [1.807, 2.05) is 68.4 Å². The fraction of sp³-hybridized carbons (Fsp3) is 0.267. The van der Waals surface area contributed by atoms with Crippen molar-refractivity contribution in [3.63, 3.8) is 0 Å². The van der Waals surface area contributed by atoms with E-state index in [1.165, 1.54) is 167 Å². The number of rotatable bonds is 0. The minimum absolute atomic E-state index is 0.0876. The molecule has 7 heteroatoms. The Balaban J connectivity index is 0.000000103. The summed E-state index contributed by atoms with van der Waals surface area (Å²) in [6.07, 6.45) is 11.4. The van der Waals surface area contributed by atoms with Gasteiger partial charge in [-0.3, -0.25) is 34.9 Å². The van der Waals surface area contributed by atoms with Gasteiger partial charge in [0.15, 0.2) is 0 Å². The molecule has 0 saturated heterocycles. The largest absolute Gasteiger partial charge is 0.256 e. The normalized spacial score (nSPS) is 15.7. The van der Waals surface area contributed by atoms with Gasteiger partial charge in [-0.1, -0.05) is 284 Å². The minimum atomic E-state index is 0.0876. The third-order valence-electron chi connectivity index (χ3n) is 25.2. The third kappa shape index (κ3) is 12.7. The van der Waals surface area contributed by atoms with Gasteiger partial charge >= 0.3 is 0 Å². The van der Waals surface area contributed by atoms with E-state index in [0.29, 0.717) is 0 Å². The van der Waals surface area contributed by atoms with Crippen molar-refractivity contribution in [1.29, 1.82) is 0 Å². The molecule has 0 saturated carbocycles. The summed E-state index contributed by atoms with van der Waals surface area (Å²) in [6, 6.07) is 77.7.